The first-order valence-corrected chi connectivity index (χ1v) is 9.59. The molecule has 1 N–H and O–H groups in total. The molecule has 2 rings (SSSR count). The van der Waals surface area contributed by atoms with Gasteiger partial charge in [0, 0.05) is 15.8 Å². The molecule has 0 saturated carbocycles. The van der Waals surface area contributed by atoms with E-state index in [1.165, 1.54) is 61.5 Å². The summed E-state index contributed by atoms with van der Waals surface area (Å²) in [7, 11) is 0. The van der Waals surface area contributed by atoms with Gasteiger partial charge in [-0.1, -0.05) is 56.0 Å². The van der Waals surface area contributed by atoms with Crippen LogP contribution >= 0.6 is 11.3 Å². The first-order valence-electron chi connectivity index (χ1n) is 8.78. The van der Waals surface area contributed by atoms with Gasteiger partial charge in [-0.3, -0.25) is 0 Å². The Hall–Kier alpha value is -1.87. The quantitative estimate of drug-likeness (QED) is 0.403. The van der Waals surface area contributed by atoms with E-state index in [1.807, 2.05) is 6.07 Å². The van der Waals surface area contributed by atoms with Crippen molar-refractivity contribution in [1.82, 2.24) is 0 Å². The maximum Gasteiger partial charge on any atom is 0.328 e. The van der Waals surface area contributed by atoms with Gasteiger partial charge >= 0.3 is 5.97 Å². The van der Waals surface area contributed by atoms with Crippen LogP contribution in [0.3, 0.4) is 0 Å². The Morgan fingerprint density at radius 2 is 1.54 bits per heavy atom. The van der Waals surface area contributed by atoms with E-state index < -0.39 is 5.97 Å². The standard InChI is InChI=1S/C21H26O2S/c22-21(23)17-16-20-15-14-19(24-20)13-9-4-2-1-3-6-10-18-11-7-5-8-12-18/h5,7-8,11-12,14-17H,1-4,6,9-10,13H2,(H,22,23). The van der Waals surface area contributed by atoms with Crippen LogP contribution in [0.1, 0.15) is 53.8 Å². The fourth-order valence-corrected chi connectivity index (χ4v) is 3.71. The van der Waals surface area contributed by atoms with Crippen molar-refractivity contribution in [2.45, 2.75) is 51.4 Å². The molecule has 0 atom stereocenters. The smallest absolute Gasteiger partial charge is 0.328 e. The van der Waals surface area contributed by atoms with Crippen LogP contribution in [-0.4, -0.2) is 11.1 Å². The molecule has 2 aromatic rings. The van der Waals surface area contributed by atoms with E-state index >= 15 is 0 Å². The number of hydrogen-bond acceptors (Lipinski definition) is 2. The van der Waals surface area contributed by atoms with Crippen molar-refractivity contribution in [1.29, 1.82) is 0 Å². The second-order valence-electron chi connectivity index (χ2n) is 6.08. The minimum absolute atomic E-state index is 0.891. The number of carboxylic acid groups (broad SMARTS) is 1. The molecular formula is C21H26O2S. The highest BCUT2D eigenvalue weighted by Gasteiger charge is 1.99. The predicted molar refractivity (Wildman–Crippen MR) is 103 cm³/mol. The van der Waals surface area contributed by atoms with E-state index in [4.69, 9.17) is 5.11 Å². The summed E-state index contributed by atoms with van der Waals surface area (Å²) in [5.41, 5.74) is 1.45. The summed E-state index contributed by atoms with van der Waals surface area (Å²) in [6.45, 7) is 0. The van der Waals surface area contributed by atoms with Crippen LogP contribution in [0.4, 0.5) is 0 Å². The van der Waals surface area contributed by atoms with Crippen molar-refractivity contribution in [3.63, 3.8) is 0 Å². The second-order valence-corrected chi connectivity index (χ2v) is 7.28. The molecule has 0 bridgehead atoms. The third kappa shape index (κ3) is 7.60. The fourth-order valence-electron chi connectivity index (χ4n) is 2.75. The van der Waals surface area contributed by atoms with Crippen molar-refractivity contribution in [3.05, 3.63) is 63.9 Å². The number of aryl methyl sites for hydroxylation is 2. The van der Waals surface area contributed by atoms with Crippen molar-refractivity contribution in [2.24, 2.45) is 0 Å². The minimum Gasteiger partial charge on any atom is -0.478 e. The normalized spacial score (nSPS) is 11.2. The molecular weight excluding hydrogens is 316 g/mol. The Balaban J connectivity index is 1.50. The number of benzene rings is 1. The number of thiophene rings is 1. The maximum atomic E-state index is 10.5. The van der Waals surface area contributed by atoms with Gasteiger partial charge in [-0.05, 0) is 49.5 Å². The number of hydrogen-bond donors (Lipinski definition) is 1. The SMILES string of the molecule is O=C(O)C=Cc1ccc(CCCCCCCCc2ccccc2)s1. The molecule has 0 amide bonds. The zero-order chi connectivity index (χ0) is 17.0. The van der Waals surface area contributed by atoms with Crippen LogP contribution < -0.4 is 0 Å². The second kappa shape index (κ2) is 10.8. The number of rotatable bonds is 11. The topological polar surface area (TPSA) is 37.3 Å². The molecule has 3 heteroatoms. The summed E-state index contributed by atoms with van der Waals surface area (Å²) in [6.07, 6.45) is 12.9. The van der Waals surface area contributed by atoms with E-state index in [2.05, 4.69) is 36.4 Å². The number of aliphatic carboxylic acids is 1. The average Bonchev–Trinajstić information content (AvgIpc) is 3.04. The molecule has 0 spiro atoms. The van der Waals surface area contributed by atoms with Gasteiger partial charge in [-0.15, -0.1) is 11.3 Å². The maximum absolute atomic E-state index is 10.5. The Labute approximate surface area is 148 Å². The lowest BCUT2D eigenvalue weighted by Gasteiger charge is -2.02. The summed E-state index contributed by atoms with van der Waals surface area (Å²) in [6, 6.07) is 14.8. The zero-order valence-electron chi connectivity index (χ0n) is 14.1. The van der Waals surface area contributed by atoms with Crippen LogP contribution in [-0.2, 0) is 17.6 Å². The van der Waals surface area contributed by atoms with Gasteiger partial charge in [0.05, 0.1) is 0 Å². The predicted octanol–water partition coefficient (Wildman–Crippen LogP) is 5.97. The van der Waals surface area contributed by atoms with E-state index in [9.17, 15) is 4.79 Å². The molecule has 1 aromatic carbocycles. The summed E-state index contributed by atoms with van der Waals surface area (Å²) >= 11 is 1.69. The monoisotopic (exact) mass is 342 g/mol. The lowest BCUT2D eigenvalue weighted by Crippen LogP contribution is -1.86. The summed E-state index contributed by atoms with van der Waals surface area (Å²) in [5, 5.41) is 8.63. The molecule has 0 unspecified atom stereocenters. The van der Waals surface area contributed by atoms with E-state index in [0.717, 1.165) is 11.3 Å². The highest BCUT2D eigenvalue weighted by molar-refractivity contribution is 7.12. The van der Waals surface area contributed by atoms with Crippen LogP contribution in [0.25, 0.3) is 6.08 Å². The van der Waals surface area contributed by atoms with E-state index in [1.54, 1.807) is 17.4 Å². The fraction of sp³-hybridized carbons (Fsp3) is 0.381. The Morgan fingerprint density at radius 3 is 2.25 bits per heavy atom. The van der Waals surface area contributed by atoms with Gasteiger partial charge < -0.3 is 5.11 Å². The van der Waals surface area contributed by atoms with Crippen molar-refractivity contribution < 1.29 is 9.90 Å². The number of carboxylic acids is 1. The first-order chi connectivity index (χ1) is 11.7. The molecule has 1 heterocycles. The molecule has 24 heavy (non-hydrogen) atoms. The molecule has 1 aromatic heterocycles. The Morgan fingerprint density at radius 1 is 0.875 bits per heavy atom. The van der Waals surface area contributed by atoms with Crippen LogP contribution in [0.5, 0.6) is 0 Å². The van der Waals surface area contributed by atoms with Crippen molar-refractivity contribution in [2.75, 3.05) is 0 Å². The van der Waals surface area contributed by atoms with E-state index in [0.29, 0.717) is 0 Å². The molecule has 0 saturated heterocycles. The molecule has 0 aliphatic carbocycles. The Kier molecular flexibility index (Phi) is 8.33. The molecule has 128 valence electrons. The molecule has 0 fully saturated rings. The van der Waals surface area contributed by atoms with Gasteiger partial charge in [0.15, 0.2) is 0 Å². The third-order valence-corrected chi connectivity index (χ3v) is 5.16. The highest BCUT2D eigenvalue weighted by atomic mass is 32.1. The van der Waals surface area contributed by atoms with Crippen LogP contribution in [0, 0.1) is 0 Å². The first kappa shape index (κ1) is 18.5. The largest absolute Gasteiger partial charge is 0.478 e. The van der Waals surface area contributed by atoms with Crippen LogP contribution in [0.15, 0.2) is 48.5 Å². The lowest BCUT2D eigenvalue weighted by molar-refractivity contribution is -0.131. The average molecular weight is 343 g/mol. The lowest BCUT2D eigenvalue weighted by atomic mass is 10.0. The summed E-state index contributed by atoms with van der Waals surface area (Å²) in [4.78, 5) is 12.9. The minimum atomic E-state index is -0.891. The van der Waals surface area contributed by atoms with Crippen molar-refractivity contribution >= 4 is 23.4 Å². The van der Waals surface area contributed by atoms with Crippen molar-refractivity contribution in [3.8, 4) is 0 Å². The highest BCUT2D eigenvalue weighted by Crippen LogP contribution is 2.20. The number of unbranched alkanes of at least 4 members (excludes halogenated alkanes) is 5. The molecule has 2 nitrogen and oxygen atoms in total. The molecule has 0 aliphatic rings. The van der Waals surface area contributed by atoms with E-state index in [-0.39, 0.29) is 0 Å². The van der Waals surface area contributed by atoms with Gasteiger partial charge in [0.2, 0.25) is 0 Å². The van der Waals surface area contributed by atoms with Gasteiger partial charge in [-0.25, -0.2) is 4.79 Å². The zero-order valence-corrected chi connectivity index (χ0v) is 14.9. The molecule has 0 radical (unpaired) electrons. The van der Waals surface area contributed by atoms with Gasteiger partial charge in [-0.2, -0.15) is 0 Å². The number of carbonyl (C=O) groups is 1. The third-order valence-electron chi connectivity index (χ3n) is 4.05. The summed E-state index contributed by atoms with van der Waals surface area (Å²) < 4.78 is 0. The van der Waals surface area contributed by atoms with Gasteiger partial charge in [0.1, 0.15) is 0 Å². The molecule has 0 aliphatic heterocycles. The Bertz CT molecular complexity index is 628. The van der Waals surface area contributed by atoms with Gasteiger partial charge in [0.25, 0.3) is 0 Å². The summed E-state index contributed by atoms with van der Waals surface area (Å²) in [5.74, 6) is -0.891. The van der Waals surface area contributed by atoms with Crippen LogP contribution in [0.2, 0.25) is 0 Å².